The Hall–Kier alpha value is -1.13. The molecule has 12 heavy (non-hydrogen) atoms. The fraction of sp³-hybridized carbons (Fsp3) is 0.143. The van der Waals surface area contributed by atoms with Gasteiger partial charge in [0.1, 0.15) is 0 Å². The lowest BCUT2D eigenvalue weighted by Crippen LogP contribution is -2.09. The molecule has 0 saturated carbocycles. The third-order valence-electron chi connectivity index (χ3n) is 1.53. The van der Waals surface area contributed by atoms with Gasteiger partial charge in [0, 0.05) is 5.02 Å². The number of nitrogens with zero attached hydrogens (tertiary/aromatic N) is 2. The smallest absolute Gasteiger partial charge is 0.0976 e. The number of halogens is 1. The van der Waals surface area contributed by atoms with Crippen molar-refractivity contribution >= 4 is 17.3 Å². The van der Waals surface area contributed by atoms with Crippen molar-refractivity contribution in [1.82, 2.24) is 0 Å². The molecule has 0 atom stereocenters. The Bertz CT molecular complexity index is 303. The number of rotatable bonds is 2. The molecule has 0 bridgehead atoms. The fourth-order valence-corrected chi connectivity index (χ4v) is 1.03. The highest BCUT2D eigenvalue weighted by atomic mass is 35.5. The van der Waals surface area contributed by atoms with Crippen LogP contribution in [0.1, 0.15) is 5.56 Å². The first-order valence-corrected chi connectivity index (χ1v) is 3.62. The van der Waals surface area contributed by atoms with E-state index in [0.29, 0.717) is 10.6 Å². The quantitative estimate of drug-likeness (QED) is 0.571. The van der Waals surface area contributed by atoms with Gasteiger partial charge in [-0.1, -0.05) is 17.7 Å². The van der Waals surface area contributed by atoms with Gasteiger partial charge in [0.15, 0.2) is 0 Å². The average Bonchev–Trinajstić information content (AvgIpc) is 2.08. The summed E-state index contributed by atoms with van der Waals surface area (Å²) in [7, 11) is 0. The van der Waals surface area contributed by atoms with Gasteiger partial charge in [0.25, 0.3) is 0 Å². The molecule has 0 saturated heterocycles. The molecule has 0 spiro atoms. The van der Waals surface area contributed by atoms with Crippen molar-refractivity contribution in [3.8, 4) is 0 Å². The summed E-state index contributed by atoms with van der Waals surface area (Å²) in [5.41, 5.74) is 0.902. The third kappa shape index (κ3) is 1.54. The van der Waals surface area contributed by atoms with E-state index in [4.69, 9.17) is 16.8 Å². The summed E-state index contributed by atoms with van der Waals surface area (Å²) in [6.07, 6.45) is 0. The van der Waals surface area contributed by atoms with Crippen LogP contribution >= 0.6 is 11.6 Å². The monoisotopic (exact) mass is 186 g/mol. The van der Waals surface area contributed by atoms with Crippen molar-refractivity contribution in [3.63, 3.8) is 0 Å². The van der Waals surface area contributed by atoms with Gasteiger partial charge in [0.05, 0.1) is 11.0 Å². The summed E-state index contributed by atoms with van der Waals surface area (Å²) >= 11 is 5.73. The van der Waals surface area contributed by atoms with Gasteiger partial charge in [-0.15, -0.1) is 10.1 Å². The topological polar surface area (TPSA) is 52.9 Å². The van der Waals surface area contributed by atoms with Gasteiger partial charge >= 0.3 is 0 Å². The van der Waals surface area contributed by atoms with E-state index in [1.807, 2.05) is 0 Å². The lowest BCUT2D eigenvalue weighted by Gasteiger charge is -2.09. The molecule has 1 N–H and O–H groups in total. The molecule has 0 heterocycles. The van der Waals surface area contributed by atoms with Crippen molar-refractivity contribution in [2.24, 2.45) is 5.29 Å². The van der Waals surface area contributed by atoms with E-state index in [0.717, 1.165) is 0 Å². The highest BCUT2D eigenvalue weighted by molar-refractivity contribution is 6.31. The summed E-state index contributed by atoms with van der Waals surface area (Å²) in [5.74, 6) is 0. The van der Waals surface area contributed by atoms with Crippen LogP contribution in [0.25, 0.3) is 0 Å². The zero-order valence-electron chi connectivity index (χ0n) is 6.36. The Kier molecular flexibility index (Phi) is 2.62. The molecule has 0 fully saturated rings. The van der Waals surface area contributed by atoms with E-state index in [9.17, 15) is 4.91 Å². The van der Waals surface area contributed by atoms with Gasteiger partial charge in [0.2, 0.25) is 0 Å². The Morgan fingerprint density at radius 1 is 1.58 bits per heavy atom. The van der Waals surface area contributed by atoms with Crippen LogP contribution in [0, 0.1) is 11.8 Å². The summed E-state index contributed by atoms with van der Waals surface area (Å²) in [6, 6.07) is 4.83. The molecule has 0 aliphatic rings. The van der Waals surface area contributed by atoms with E-state index in [2.05, 4.69) is 5.29 Å². The lowest BCUT2D eigenvalue weighted by atomic mass is 10.2. The molecule has 1 aromatic carbocycles. The van der Waals surface area contributed by atoms with Gasteiger partial charge in [-0.25, -0.2) is 0 Å². The molecule has 0 amide bonds. The van der Waals surface area contributed by atoms with E-state index < -0.39 is 0 Å². The zero-order valence-corrected chi connectivity index (χ0v) is 7.12. The van der Waals surface area contributed by atoms with Crippen LogP contribution in [0.15, 0.2) is 23.5 Å². The Morgan fingerprint density at radius 2 is 2.25 bits per heavy atom. The number of nitroso groups, excluding NO2 is 1. The fourth-order valence-electron chi connectivity index (χ4n) is 0.857. The minimum Gasteiger partial charge on any atom is -0.265 e. The predicted octanol–water partition coefficient (Wildman–Crippen LogP) is 2.53. The maximum absolute atomic E-state index is 9.95. The van der Waals surface area contributed by atoms with Crippen LogP contribution < -0.4 is 5.17 Å². The standard InChI is InChI=1S/C7H7ClN2O2/c1-5-6(8)3-2-4-7(5)10(12)9-11/h2-4,12H,1H3. The summed E-state index contributed by atoms with van der Waals surface area (Å²) in [4.78, 5) is 9.95. The van der Waals surface area contributed by atoms with Crippen molar-refractivity contribution in [3.05, 3.63) is 33.7 Å². The molecule has 0 unspecified atom stereocenters. The normalized spacial score (nSPS) is 9.58. The number of hydrogen-bond acceptors (Lipinski definition) is 3. The lowest BCUT2D eigenvalue weighted by molar-refractivity contribution is 0.257. The molecule has 64 valence electrons. The first kappa shape index (κ1) is 8.96. The van der Waals surface area contributed by atoms with Crippen LogP contribution in [-0.2, 0) is 0 Å². The Morgan fingerprint density at radius 3 is 2.83 bits per heavy atom. The largest absolute Gasteiger partial charge is 0.265 e. The van der Waals surface area contributed by atoms with Crippen LogP contribution in [0.3, 0.4) is 0 Å². The second-order valence-electron chi connectivity index (χ2n) is 2.26. The first-order chi connectivity index (χ1) is 5.66. The highest BCUT2D eigenvalue weighted by Crippen LogP contribution is 2.25. The van der Waals surface area contributed by atoms with Gasteiger partial charge in [-0.3, -0.25) is 5.21 Å². The first-order valence-electron chi connectivity index (χ1n) is 3.24. The number of anilines is 1. The summed E-state index contributed by atoms with van der Waals surface area (Å²) in [6.45, 7) is 1.69. The van der Waals surface area contributed by atoms with Crippen LogP contribution in [0.5, 0.6) is 0 Å². The molecule has 1 aromatic rings. The second kappa shape index (κ2) is 3.51. The SMILES string of the molecule is Cc1c(Cl)cccc1N(O)N=O. The maximum Gasteiger partial charge on any atom is 0.0976 e. The molecule has 0 aliphatic heterocycles. The average molecular weight is 187 g/mol. The number of benzene rings is 1. The molecule has 0 aromatic heterocycles. The molecule has 4 nitrogen and oxygen atoms in total. The molecule has 5 heteroatoms. The maximum atomic E-state index is 9.95. The molecular formula is C7H7ClN2O2. The van der Waals surface area contributed by atoms with E-state index in [-0.39, 0.29) is 10.9 Å². The predicted molar refractivity (Wildman–Crippen MR) is 46.2 cm³/mol. The van der Waals surface area contributed by atoms with Crippen molar-refractivity contribution in [1.29, 1.82) is 0 Å². The van der Waals surface area contributed by atoms with Crippen LogP contribution in [0.4, 0.5) is 5.69 Å². The van der Waals surface area contributed by atoms with Crippen molar-refractivity contribution < 1.29 is 5.21 Å². The van der Waals surface area contributed by atoms with Gasteiger partial charge in [-0.2, -0.15) is 0 Å². The van der Waals surface area contributed by atoms with Crippen molar-refractivity contribution in [2.45, 2.75) is 6.92 Å². The van der Waals surface area contributed by atoms with Gasteiger partial charge < -0.3 is 0 Å². The van der Waals surface area contributed by atoms with E-state index >= 15 is 0 Å². The molecule has 0 aliphatic carbocycles. The Balaban J connectivity index is 3.15. The second-order valence-corrected chi connectivity index (χ2v) is 2.66. The highest BCUT2D eigenvalue weighted by Gasteiger charge is 2.07. The van der Waals surface area contributed by atoms with Crippen molar-refractivity contribution in [2.75, 3.05) is 5.17 Å². The Labute approximate surface area is 74.3 Å². The molecular weight excluding hydrogens is 180 g/mol. The minimum atomic E-state index is 0.251. The third-order valence-corrected chi connectivity index (χ3v) is 1.94. The zero-order chi connectivity index (χ0) is 9.14. The van der Waals surface area contributed by atoms with Crippen LogP contribution in [-0.4, -0.2) is 5.21 Å². The van der Waals surface area contributed by atoms with E-state index in [1.54, 1.807) is 25.1 Å². The molecule has 0 radical (unpaired) electrons. The summed E-state index contributed by atoms with van der Waals surface area (Å²) < 4.78 is 0. The van der Waals surface area contributed by atoms with Gasteiger partial charge in [-0.05, 0) is 24.6 Å². The van der Waals surface area contributed by atoms with Crippen LogP contribution in [0.2, 0.25) is 5.02 Å². The van der Waals surface area contributed by atoms with E-state index in [1.165, 1.54) is 0 Å². The number of hydrogen-bond donors (Lipinski definition) is 1. The molecule has 1 rings (SSSR count). The summed E-state index contributed by atoms with van der Waals surface area (Å²) in [5, 5.41) is 12.0. The minimum absolute atomic E-state index is 0.251.